The number of hydrogen-bond acceptors (Lipinski definition) is 7. The molecule has 2 heterocycles. The molecule has 100 valence electrons. The van der Waals surface area contributed by atoms with E-state index >= 15 is 0 Å². The van der Waals surface area contributed by atoms with Gasteiger partial charge in [-0.15, -0.1) is 0 Å². The normalized spacial score (nSPS) is 21.1. The van der Waals surface area contributed by atoms with Crippen LogP contribution in [-0.4, -0.2) is 39.0 Å². The zero-order valence-corrected chi connectivity index (χ0v) is 10.5. The zero-order valence-electron chi connectivity index (χ0n) is 10.5. The van der Waals surface area contributed by atoms with Gasteiger partial charge in [0.2, 0.25) is 11.9 Å². The Labute approximate surface area is 107 Å². The van der Waals surface area contributed by atoms with Gasteiger partial charge in [-0.25, -0.2) is 0 Å². The van der Waals surface area contributed by atoms with Gasteiger partial charge in [0.1, 0.15) is 5.82 Å². The van der Waals surface area contributed by atoms with Crippen molar-refractivity contribution in [3.8, 4) is 0 Å². The maximum atomic E-state index is 5.66. The fourth-order valence-corrected chi connectivity index (χ4v) is 2.50. The van der Waals surface area contributed by atoms with E-state index in [4.69, 9.17) is 17.2 Å². The van der Waals surface area contributed by atoms with Gasteiger partial charge in [0.15, 0.2) is 0 Å². The summed E-state index contributed by atoms with van der Waals surface area (Å²) in [5.41, 5.74) is 16.8. The van der Waals surface area contributed by atoms with Crippen LogP contribution in [0.2, 0.25) is 0 Å². The second-order valence-corrected chi connectivity index (χ2v) is 4.67. The minimum absolute atomic E-state index is 0.185. The van der Waals surface area contributed by atoms with Gasteiger partial charge in [0.25, 0.3) is 0 Å². The third-order valence-electron chi connectivity index (χ3n) is 3.31. The first kappa shape index (κ1) is 13.0. The summed E-state index contributed by atoms with van der Waals surface area (Å²) >= 11 is 0. The van der Waals surface area contributed by atoms with Gasteiger partial charge in [-0.05, 0) is 32.4 Å². The average Bonchev–Trinajstić information content (AvgIpc) is 2.30. The molecule has 1 unspecified atom stereocenters. The molecule has 0 radical (unpaired) electrons. The number of anilines is 2. The summed E-state index contributed by atoms with van der Waals surface area (Å²) in [4.78, 5) is 14.4. The lowest BCUT2D eigenvalue weighted by Gasteiger charge is -2.35. The average molecular weight is 251 g/mol. The Morgan fingerprint density at radius 1 is 1.11 bits per heavy atom. The Bertz CT molecular complexity index is 373. The summed E-state index contributed by atoms with van der Waals surface area (Å²) in [6.45, 7) is 2.43. The highest BCUT2D eigenvalue weighted by Crippen LogP contribution is 2.20. The number of likely N-dealkylation sites (tertiary alicyclic amines) is 1. The van der Waals surface area contributed by atoms with Crippen molar-refractivity contribution in [3.63, 3.8) is 0 Å². The molecule has 0 bridgehead atoms. The molecule has 6 N–H and O–H groups in total. The summed E-state index contributed by atoms with van der Waals surface area (Å²) in [6, 6.07) is 0.517. The van der Waals surface area contributed by atoms with Crippen molar-refractivity contribution in [2.45, 2.75) is 38.3 Å². The predicted octanol–water partition coefficient (Wildman–Crippen LogP) is -0.261. The van der Waals surface area contributed by atoms with Crippen LogP contribution in [0.1, 0.15) is 31.5 Å². The highest BCUT2D eigenvalue weighted by Gasteiger charge is 2.22. The molecule has 0 amide bonds. The minimum Gasteiger partial charge on any atom is -0.368 e. The molecule has 18 heavy (non-hydrogen) atoms. The van der Waals surface area contributed by atoms with Gasteiger partial charge in [0, 0.05) is 6.04 Å². The maximum absolute atomic E-state index is 5.66. The van der Waals surface area contributed by atoms with Gasteiger partial charge in [0.05, 0.1) is 6.54 Å². The van der Waals surface area contributed by atoms with Crippen molar-refractivity contribution in [3.05, 3.63) is 5.82 Å². The number of piperidine rings is 1. The van der Waals surface area contributed by atoms with E-state index in [9.17, 15) is 0 Å². The van der Waals surface area contributed by atoms with Crippen molar-refractivity contribution >= 4 is 11.9 Å². The highest BCUT2D eigenvalue weighted by atomic mass is 15.2. The molecule has 7 nitrogen and oxygen atoms in total. The van der Waals surface area contributed by atoms with Gasteiger partial charge >= 0.3 is 0 Å². The fourth-order valence-electron chi connectivity index (χ4n) is 2.50. The standard InChI is InChI=1S/C11H21N7/c12-5-4-8-3-1-2-6-18(8)7-9-15-10(13)17-11(14)16-9/h8H,1-7,12H2,(H4,13,14,15,16,17). The van der Waals surface area contributed by atoms with Gasteiger partial charge < -0.3 is 17.2 Å². The van der Waals surface area contributed by atoms with Crippen LogP contribution in [0.15, 0.2) is 0 Å². The highest BCUT2D eigenvalue weighted by molar-refractivity contribution is 5.25. The van der Waals surface area contributed by atoms with Crippen molar-refractivity contribution in [2.75, 3.05) is 24.6 Å². The lowest BCUT2D eigenvalue weighted by atomic mass is 9.99. The maximum Gasteiger partial charge on any atom is 0.225 e. The summed E-state index contributed by atoms with van der Waals surface area (Å²) in [6.07, 6.45) is 4.67. The molecule has 0 aromatic carbocycles. The van der Waals surface area contributed by atoms with Crippen molar-refractivity contribution in [1.82, 2.24) is 19.9 Å². The molecular weight excluding hydrogens is 230 g/mol. The quantitative estimate of drug-likeness (QED) is 0.674. The summed E-state index contributed by atoms with van der Waals surface area (Å²) in [5.74, 6) is 1.01. The van der Waals surface area contributed by atoms with Crippen LogP contribution in [0, 0.1) is 0 Å². The van der Waals surface area contributed by atoms with Crippen LogP contribution in [0.3, 0.4) is 0 Å². The number of hydrogen-bond donors (Lipinski definition) is 3. The molecule has 1 aliphatic heterocycles. The second kappa shape index (κ2) is 5.92. The molecule has 1 aromatic rings. The predicted molar refractivity (Wildman–Crippen MR) is 70.4 cm³/mol. The van der Waals surface area contributed by atoms with Crippen LogP contribution >= 0.6 is 0 Å². The Hall–Kier alpha value is -1.47. The van der Waals surface area contributed by atoms with E-state index in [1.807, 2.05) is 0 Å². The van der Waals surface area contributed by atoms with E-state index in [2.05, 4.69) is 19.9 Å². The molecular formula is C11H21N7. The van der Waals surface area contributed by atoms with Gasteiger partial charge in [-0.1, -0.05) is 6.42 Å². The Balaban J connectivity index is 2.05. The van der Waals surface area contributed by atoms with E-state index in [0.717, 1.165) is 13.0 Å². The van der Waals surface area contributed by atoms with E-state index in [1.165, 1.54) is 19.3 Å². The van der Waals surface area contributed by atoms with Crippen molar-refractivity contribution in [2.24, 2.45) is 5.73 Å². The Morgan fingerprint density at radius 3 is 2.50 bits per heavy atom. The number of nitrogen functional groups attached to an aromatic ring is 2. The molecule has 0 spiro atoms. The first-order valence-corrected chi connectivity index (χ1v) is 6.39. The van der Waals surface area contributed by atoms with E-state index in [0.29, 0.717) is 25.0 Å². The van der Waals surface area contributed by atoms with Crippen LogP contribution in [-0.2, 0) is 6.54 Å². The van der Waals surface area contributed by atoms with E-state index < -0.39 is 0 Å². The van der Waals surface area contributed by atoms with Gasteiger partial charge in [-0.2, -0.15) is 15.0 Å². The number of nitrogens with two attached hydrogens (primary N) is 3. The number of nitrogens with zero attached hydrogens (tertiary/aromatic N) is 4. The zero-order chi connectivity index (χ0) is 13.0. The molecule has 1 aliphatic rings. The van der Waals surface area contributed by atoms with Crippen LogP contribution in [0.25, 0.3) is 0 Å². The Morgan fingerprint density at radius 2 is 1.83 bits per heavy atom. The fraction of sp³-hybridized carbons (Fsp3) is 0.727. The second-order valence-electron chi connectivity index (χ2n) is 4.67. The third-order valence-corrected chi connectivity index (χ3v) is 3.31. The smallest absolute Gasteiger partial charge is 0.225 e. The summed E-state index contributed by atoms with van der Waals surface area (Å²) < 4.78 is 0. The summed E-state index contributed by atoms with van der Waals surface area (Å²) in [7, 11) is 0. The van der Waals surface area contributed by atoms with Crippen LogP contribution < -0.4 is 17.2 Å². The molecule has 1 aromatic heterocycles. The van der Waals surface area contributed by atoms with E-state index in [1.54, 1.807) is 0 Å². The topological polar surface area (TPSA) is 120 Å². The van der Waals surface area contributed by atoms with Crippen molar-refractivity contribution in [1.29, 1.82) is 0 Å². The first-order valence-electron chi connectivity index (χ1n) is 6.39. The number of aromatic nitrogens is 3. The van der Waals surface area contributed by atoms with Crippen molar-refractivity contribution < 1.29 is 0 Å². The summed E-state index contributed by atoms with van der Waals surface area (Å²) in [5, 5.41) is 0. The molecule has 7 heteroatoms. The lowest BCUT2D eigenvalue weighted by Crippen LogP contribution is -2.40. The van der Waals surface area contributed by atoms with Gasteiger partial charge in [-0.3, -0.25) is 4.90 Å². The Kier molecular flexibility index (Phi) is 4.27. The molecule has 1 saturated heterocycles. The molecule has 1 atom stereocenters. The molecule has 0 saturated carbocycles. The first-order chi connectivity index (χ1) is 8.69. The minimum atomic E-state index is 0.185. The molecule has 2 rings (SSSR count). The van der Waals surface area contributed by atoms with E-state index in [-0.39, 0.29) is 11.9 Å². The van der Waals surface area contributed by atoms with Crippen LogP contribution in [0.5, 0.6) is 0 Å². The van der Waals surface area contributed by atoms with Crippen LogP contribution in [0.4, 0.5) is 11.9 Å². The lowest BCUT2D eigenvalue weighted by molar-refractivity contribution is 0.130. The largest absolute Gasteiger partial charge is 0.368 e. The molecule has 1 fully saturated rings. The third kappa shape index (κ3) is 3.27. The number of rotatable bonds is 4. The monoisotopic (exact) mass is 251 g/mol. The SMILES string of the molecule is NCCC1CCCCN1Cc1nc(N)nc(N)n1. The molecule has 0 aliphatic carbocycles.